The normalized spacial score (nSPS) is 13.7. The number of methoxy groups -OCH3 is 3. The molecule has 0 bridgehead atoms. The summed E-state index contributed by atoms with van der Waals surface area (Å²) in [6.07, 6.45) is -0.320. The minimum Gasteiger partial charge on any atom is -0.453 e. The third-order valence-electron chi connectivity index (χ3n) is 5.95. The van der Waals surface area contributed by atoms with Crippen LogP contribution in [0.15, 0.2) is 29.2 Å². The number of fused-ring (bicyclic) bond motifs is 1. The number of alkyl carbamates (subject to hydrolysis) is 1. The van der Waals surface area contributed by atoms with E-state index in [2.05, 4.69) is 20.3 Å². The number of thiophene rings is 1. The lowest BCUT2D eigenvalue weighted by atomic mass is 10.0. The predicted molar refractivity (Wildman–Crippen MR) is 141 cm³/mol. The number of hydrogen-bond donors (Lipinski definition) is 2. The molecule has 1 aliphatic heterocycles. The van der Waals surface area contributed by atoms with Gasteiger partial charge in [-0.25, -0.2) is 13.2 Å². The Bertz CT molecular complexity index is 1250. The Balaban J connectivity index is 1.84. The van der Waals surface area contributed by atoms with Crippen molar-refractivity contribution in [2.24, 2.45) is 0 Å². The molecule has 3 amide bonds. The second kappa shape index (κ2) is 13.3. The highest BCUT2D eigenvalue weighted by Crippen LogP contribution is 2.37. The van der Waals surface area contributed by atoms with Crippen LogP contribution in [0.5, 0.6) is 0 Å². The monoisotopic (exact) mass is 568 g/mol. The van der Waals surface area contributed by atoms with Crippen molar-refractivity contribution in [2.75, 3.05) is 66.5 Å². The van der Waals surface area contributed by atoms with Gasteiger partial charge in [-0.2, -0.15) is 4.31 Å². The SMILES string of the molecule is COCCN(CCOC)S(=O)(=O)c1ccc(C(=O)Nc2sc3c(c2C(=O)NC(=O)OC)CCN(C)C3)cc1. The summed E-state index contributed by atoms with van der Waals surface area (Å²) in [5, 5.41) is 5.23. The quantitative estimate of drug-likeness (QED) is 0.414. The Morgan fingerprint density at radius 3 is 2.24 bits per heavy atom. The van der Waals surface area contributed by atoms with E-state index in [-0.39, 0.29) is 42.3 Å². The molecule has 14 heteroatoms. The van der Waals surface area contributed by atoms with Gasteiger partial charge in [0.25, 0.3) is 11.8 Å². The van der Waals surface area contributed by atoms with Gasteiger partial charge in [0, 0.05) is 50.8 Å². The van der Waals surface area contributed by atoms with Crippen LogP contribution in [0.2, 0.25) is 0 Å². The smallest absolute Gasteiger partial charge is 0.413 e. The van der Waals surface area contributed by atoms with Crippen LogP contribution >= 0.6 is 11.3 Å². The number of sulfonamides is 1. The van der Waals surface area contributed by atoms with Crippen LogP contribution in [-0.2, 0) is 37.2 Å². The molecule has 2 N–H and O–H groups in total. The van der Waals surface area contributed by atoms with Crippen LogP contribution in [-0.4, -0.2) is 96.8 Å². The Morgan fingerprint density at radius 2 is 1.66 bits per heavy atom. The first-order chi connectivity index (χ1) is 18.1. The number of ether oxygens (including phenoxy) is 3. The third kappa shape index (κ3) is 6.95. The Morgan fingerprint density at radius 1 is 1.03 bits per heavy atom. The van der Waals surface area contributed by atoms with Crippen molar-refractivity contribution in [3.8, 4) is 0 Å². The fourth-order valence-electron chi connectivity index (χ4n) is 3.91. The topological polar surface area (TPSA) is 144 Å². The number of carbonyl (C=O) groups is 3. The third-order valence-corrected chi connectivity index (χ3v) is 8.99. The number of anilines is 1. The van der Waals surface area contributed by atoms with E-state index in [1.807, 2.05) is 7.05 Å². The summed E-state index contributed by atoms with van der Waals surface area (Å²) in [5.41, 5.74) is 1.20. The zero-order chi connectivity index (χ0) is 27.9. The van der Waals surface area contributed by atoms with E-state index in [9.17, 15) is 22.8 Å². The number of imide groups is 1. The predicted octanol–water partition coefficient (Wildman–Crippen LogP) is 1.77. The van der Waals surface area contributed by atoms with Gasteiger partial charge in [-0.1, -0.05) is 0 Å². The number of benzene rings is 1. The van der Waals surface area contributed by atoms with Crippen molar-refractivity contribution >= 4 is 44.3 Å². The summed E-state index contributed by atoms with van der Waals surface area (Å²) in [7, 11) is 2.24. The van der Waals surface area contributed by atoms with E-state index in [1.54, 1.807) is 0 Å². The molecule has 1 aromatic heterocycles. The Kier molecular flexibility index (Phi) is 10.4. The van der Waals surface area contributed by atoms with Crippen molar-refractivity contribution in [3.63, 3.8) is 0 Å². The highest BCUT2D eigenvalue weighted by molar-refractivity contribution is 7.89. The lowest BCUT2D eigenvalue weighted by Gasteiger charge is -2.22. The van der Waals surface area contributed by atoms with Gasteiger partial charge in [0.2, 0.25) is 10.0 Å². The van der Waals surface area contributed by atoms with E-state index >= 15 is 0 Å². The van der Waals surface area contributed by atoms with Crippen LogP contribution < -0.4 is 10.6 Å². The number of carbonyl (C=O) groups excluding carboxylic acids is 3. The van der Waals surface area contributed by atoms with E-state index < -0.39 is 27.9 Å². The molecule has 0 fully saturated rings. The summed E-state index contributed by atoms with van der Waals surface area (Å²) in [6, 6.07) is 5.53. The van der Waals surface area contributed by atoms with Crippen LogP contribution in [0, 0.1) is 0 Å². The zero-order valence-electron chi connectivity index (χ0n) is 21.7. The number of likely N-dealkylation sites (N-methyl/N-ethyl adjacent to an activating group) is 1. The van der Waals surface area contributed by atoms with Gasteiger partial charge in [0.1, 0.15) is 5.00 Å². The van der Waals surface area contributed by atoms with Crippen molar-refractivity contribution < 1.29 is 37.0 Å². The van der Waals surface area contributed by atoms with Gasteiger partial charge in [-0.05, 0) is 43.3 Å². The first-order valence-corrected chi connectivity index (χ1v) is 14.0. The Hall–Kier alpha value is -2.88. The number of nitrogens with one attached hydrogen (secondary N) is 2. The second-order valence-corrected chi connectivity index (χ2v) is 11.6. The second-order valence-electron chi connectivity index (χ2n) is 8.51. The van der Waals surface area contributed by atoms with Gasteiger partial charge in [0.15, 0.2) is 0 Å². The molecule has 0 atom stereocenters. The molecule has 38 heavy (non-hydrogen) atoms. The molecule has 1 aliphatic rings. The van der Waals surface area contributed by atoms with E-state index in [0.717, 1.165) is 24.1 Å². The van der Waals surface area contributed by atoms with Gasteiger partial charge in [-0.3, -0.25) is 14.9 Å². The molecule has 3 rings (SSSR count). The number of rotatable bonds is 11. The zero-order valence-corrected chi connectivity index (χ0v) is 23.4. The van der Waals surface area contributed by atoms with Crippen LogP contribution in [0.25, 0.3) is 0 Å². The highest BCUT2D eigenvalue weighted by Gasteiger charge is 2.29. The molecule has 0 unspecified atom stereocenters. The van der Waals surface area contributed by atoms with Crippen molar-refractivity contribution in [3.05, 3.63) is 45.8 Å². The summed E-state index contributed by atoms with van der Waals surface area (Å²) in [5.74, 6) is -1.19. The standard InChI is InChI=1S/C24H32N4O8S2/c1-27-10-9-18-19(15-27)37-23(20(18)22(30)26-24(31)36-4)25-21(29)16-5-7-17(8-6-16)38(32,33)28(11-13-34-2)12-14-35-3/h5-8H,9-15H2,1-4H3,(H,25,29)(H,26,30,31). The van der Waals surface area contributed by atoms with Crippen molar-refractivity contribution in [1.82, 2.24) is 14.5 Å². The minimum atomic E-state index is -3.84. The van der Waals surface area contributed by atoms with Crippen molar-refractivity contribution in [2.45, 2.75) is 17.9 Å². The Labute approximate surface area is 225 Å². The highest BCUT2D eigenvalue weighted by atomic mass is 32.2. The number of amides is 3. The molecule has 2 heterocycles. The molecular weight excluding hydrogens is 536 g/mol. The summed E-state index contributed by atoms with van der Waals surface area (Å²) < 4.78 is 42.1. The average molecular weight is 569 g/mol. The van der Waals surface area contributed by atoms with Crippen LogP contribution in [0.1, 0.15) is 31.2 Å². The van der Waals surface area contributed by atoms with Crippen LogP contribution in [0.3, 0.4) is 0 Å². The average Bonchev–Trinajstić information content (AvgIpc) is 3.25. The molecule has 0 saturated carbocycles. The molecule has 208 valence electrons. The van der Waals surface area contributed by atoms with Gasteiger partial charge in [0.05, 0.1) is 30.8 Å². The van der Waals surface area contributed by atoms with Gasteiger partial charge in [-0.15, -0.1) is 11.3 Å². The van der Waals surface area contributed by atoms with Gasteiger partial charge >= 0.3 is 6.09 Å². The molecule has 2 aromatic rings. The summed E-state index contributed by atoms with van der Waals surface area (Å²) >= 11 is 1.27. The number of hydrogen-bond acceptors (Lipinski definition) is 10. The molecule has 0 radical (unpaired) electrons. The largest absolute Gasteiger partial charge is 0.453 e. The molecule has 0 aliphatic carbocycles. The van der Waals surface area contributed by atoms with E-state index in [0.29, 0.717) is 18.0 Å². The fraction of sp³-hybridized carbons (Fsp3) is 0.458. The number of nitrogens with zero attached hydrogens (tertiary/aromatic N) is 2. The maximum absolute atomic E-state index is 13.1. The molecule has 1 aromatic carbocycles. The summed E-state index contributed by atoms with van der Waals surface area (Å²) in [6.45, 7) is 2.06. The summed E-state index contributed by atoms with van der Waals surface area (Å²) in [4.78, 5) is 40.7. The lowest BCUT2D eigenvalue weighted by molar-refractivity contribution is 0.0936. The minimum absolute atomic E-state index is 0.0222. The van der Waals surface area contributed by atoms with E-state index in [4.69, 9.17) is 9.47 Å². The maximum atomic E-state index is 13.1. The fourth-order valence-corrected chi connectivity index (χ4v) is 6.63. The molecule has 12 nitrogen and oxygen atoms in total. The first kappa shape index (κ1) is 29.7. The van der Waals surface area contributed by atoms with Crippen molar-refractivity contribution in [1.29, 1.82) is 0 Å². The van der Waals surface area contributed by atoms with Crippen LogP contribution in [0.4, 0.5) is 9.80 Å². The first-order valence-electron chi connectivity index (χ1n) is 11.7. The van der Waals surface area contributed by atoms with Gasteiger partial charge < -0.3 is 24.4 Å². The molecular formula is C24H32N4O8S2. The lowest BCUT2D eigenvalue weighted by Crippen LogP contribution is -2.36. The molecule has 0 saturated heterocycles. The van der Waals surface area contributed by atoms with E-state index in [1.165, 1.54) is 54.1 Å². The maximum Gasteiger partial charge on any atom is 0.413 e. The molecule has 0 spiro atoms.